The van der Waals surface area contributed by atoms with Crippen molar-refractivity contribution in [1.82, 2.24) is 10.3 Å². The van der Waals surface area contributed by atoms with Crippen LogP contribution in [0.2, 0.25) is 0 Å². The highest BCUT2D eigenvalue weighted by atomic mass is 32.2. The number of hydrogen-bond donors (Lipinski definition) is 1. The molecule has 1 aromatic carbocycles. The van der Waals surface area contributed by atoms with Crippen molar-refractivity contribution in [3.05, 3.63) is 40.1 Å². The summed E-state index contributed by atoms with van der Waals surface area (Å²) in [6, 6.07) is 3.66. The quantitative estimate of drug-likeness (QED) is 0.636. The number of nitrogens with zero attached hydrogens (tertiary/aromatic N) is 1. The highest BCUT2D eigenvalue weighted by Gasteiger charge is 2.19. The first-order valence-corrected chi connectivity index (χ1v) is 12.3. The van der Waals surface area contributed by atoms with Crippen LogP contribution in [-0.2, 0) is 26.0 Å². The first kappa shape index (κ1) is 24.2. The summed E-state index contributed by atoms with van der Waals surface area (Å²) in [7, 11) is -3.43. The van der Waals surface area contributed by atoms with Gasteiger partial charge in [-0.05, 0) is 58.0 Å². The van der Waals surface area contributed by atoms with Gasteiger partial charge in [0.15, 0.2) is 21.4 Å². The Morgan fingerprint density at radius 2 is 2.03 bits per heavy atom. The summed E-state index contributed by atoms with van der Waals surface area (Å²) in [5.41, 5.74) is 0.764. The molecule has 1 saturated heterocycles. The van der Waals surface area contributed by atoms with Gasteiger partial charge >= 0.3 is 0 Å². The average molecular weight is 459 g/mol. The molecule has 1 aliphatic heterocycles. The largest absolute Gasteiger partial charge is 0.484 e. The van der Waals surface area contributed by atoms with Crippen LogP contribution in [0.3, 0.4) is 0 Å². The lowest BCUT2D eigenvalue weighted by Crippen LogP contribution is -2.26. The lowest BCUT2D eigenvalue weighted by molar-refractivity contribution is -0.131. The van der Waals surface area contributed by atoms with Crippen molar-refractivity contribution < 1.29 is 27.1 Å². The Morgan fingerprint density at radius 3 is 2.57 bits per heavy atom. The summed E-state index contributed by atoms with van der Waals surface area (Å²) >= 11 is 1.61. The number of thiazole rings is 1. The molecule has 1 N–H and O–H groups in total. The molecule has 0 atom stereocenters. The van der Waals surface area contributed by atoms with E-state index in [2.05, 4.69) is 15.0 Å². The Kier molecular flexibility index (Phi) is 9.19. The van der Waals surface area contributed by atoms with Gasteiger partial charge in [-0.3, -0.25) is 4.79 Å². The van der Waals surface area contributed by atoms with E-state index in [-0.39, 0.29) is 23.4 Å². The van der Waals surface area contributed by atoms with Gasteiger partial charge in [0.05, 0.1) is 21.7 Å². The molecule has 0 saturated carbocycles. The fourth-order valence-electron chi connectivity index (χ4n) is 2.74. The molecular weight excluding hydrogens is 431 g/mol. The molecule has 7 nitrogen and oxygen atoms in total. The molecule has 2 heterocycles. The zero-order chi connectivity index (χ0) is 22.1. The van der Waals surface area contributed by atoms with E-state index in [4.69, 9.17) is 4.74 Å². The molecule has 10 heteroatoms. The molecule has 0 spiro atoms. The smallest absolute Gasteiger partial charge is 0.293 e. The second kappa shape index (κ2) is 11.4. The van der Waals surface area contributed by atoms with Crippen molar-refractivity contribution in [2.75, 3.05) is 19.3 Å². The van der Waals surface area contributed by atoms with Crippen LogP contribution in [0, 0.1) is 5.82 Å². The summed E-state index contributed by atoms with van der Waals surface area (Å²) in [6.07, 6.45) is 3.23. The predicted molar refractivity (Wildman–Crippen MR) is 113 cm³/mol. The van der Waals surface area contributed by atoms with Crippen molar-refractivity contribution in [3.8, 4) is 5.75 Å². The van der Waals surface area contributed by atoms with Gasteiger partial charge in [0, 0.05) is 17.6 Å². The minimum atomic E-state index is -3.43. The van der Waals surface area contributed by atoms with Crippen LogP contribution < -0.4 is 10.1 Å². The van der Waals surface area contributed by atoms with E-state index < -0.39 is 15.7 Å². The molecule has 0 unspecified atom stereocenters. The normalized spacial score (nSPS) is 14.7. The number of hydrogen-bond acceptors (Lipinski definition) is 8. The molecule has 1 aromatic heterocycles. The van der Waals surface area contributed by atoms with Crippen LogP contribution in [0.4, 0.5) is 4.39 Å². The number of benzene rings is 1. The SMILES string of the molecule is CC(C)OC=O.CS(=O)(=O)c1ccc(OCc2csc(C3CCNCC3)n2)c(F)c1. The number of carbonyl (C=O) groups is 1. The van der Waals surface area contributed by atoms with Crippen LogP contribution >= 0.6 is 11.3 Å². The minimum Gasteiger partial charge on any atom is -0.484 e. The number of nitrogens with one attached hydrogen (secondary N) is 1. The van der Waals surface area contributed by atoms with E-state index in [0.29, 0.717) is 12.4 Å². The third kappa shape index (κ3) is 7.66. The monoisotopic (exact) mass is 458 g/mol. The summed E-state index contributed by atoms with van der Waals surface area (Å²) in [6.45, 7) is 6.23. The maximum Gasteiger partial charge on any atom is 0.293 e. The van der Waals surface area contributed by atoms with Gasteiger partial charge in [0.25, 0.3) is 6.47 Å². The van der Waals surface area contributed by atoms with Crippen molar-refractivity contribution in [3.63, 3.8) is 0 Å². The zero-order valence-electron chi connectivity index (χ0n) is 17.3. The van der Waals surface area contributed by atoms with Gasteiger partial charge in [-0.2, -0.15) is 0 Å². The number of sulfone groups is 1. The third-order valence-corrected chi connectivity index (χ3v) is 6.46. The number of aromatic nitrogens is 1. The van der Waals surface area contributed by atoms with Crippen molar-refractivity contribution in [1.29, 1.82) is 0 Å². The molecule has 30 heavy (non-hydrogen) atoms. The minimum absolute atomic E-state index is 0.0267. The van der Waals surface area contributed by atoms with Crippen molar-refractivity contribution >= 4 is 27.6 Å². The number of piperidine rings is 1. The highest BCUT2D eigenvalue weighted by molar-refractivity contribution is 7.90. The Hall–Kier alpha value is -2.04. The first-order chi connectivity index (χ1) is 14.2. The van der Waals surface area contributed by atoms with Gasteiger partial charge in [0.2, 0.25) is 0 Å². The molecule has 3 rings (SSSR count). The topological polar surface area (TPSA) is 94.6 Å². The fourth-order valence-corrected chi connectivity index (χ4v) is 4.35. The summed E-state index contributed by atoms with van der Waals surface area (Å²) < 4.78 is 46.6. The lowest BCUT2D eigenvalue weighted by Gasteiger charge is -2.20. The Balaban J connectivity index is 0.000000469. The third-order valence-electron chi connectivity index (χ3n) is 4.29. The summed E-state index contributed by atoms with van der Waals surface area (Å²) in [5.74, 6) is -0.179. The number of rotatable bonds is 7. The molecule has 2 aromatic rings. The average Bonchev–Trinajstić information content (AvgIpc) is 3.16. The van der Waals surface area contributed by atoms with Gasteiger partial charge in [-0.15, -0.1) is 11.3 Å². The second-order valence-corrected chi connectivity index (χ2v) is 10.0. The second-order valence-electron chi connectivity index (χ2n) is 7.14. The predicted octanol–water partition coefficient (Wildman–Crippen LogP) is 3.30. The molecule has 0 amide bonds. The number of halogens is 1. The zero-order valence-corrected chi connectivity index (χ0v) is 18.9. The van der Waals surface area contributed by atoms with E-state index in [9.17, 15) is 17.6 Å². The van der Waals surface area contributed by atoms with Crippen LogP contribution in [0.25, 0.3) is 0 Å². The summed E-state index contributed by atoms with van der Waals surface area (Å²) in [5, 5.41) is 6.36. The van der Waals surface area contributed by atoms with Crippen molar-refractivity contribution in [2.45, 2.75) is 50.2 Å². The Labute approximate surface area is 180 Å². The van der Waals surface area contributed by atoms with Gasteiger partial charge < -0.3 is 14.8 Å². The molecule has 0 bridgehead atoms. The van der Waals surface area contributed by atoms with Crippen LogP contribution in [0.1, 0.15) is 43.3 Å². The van der Waals surface area contributed by atoms with Gasteiger partial charge in [0.1, 0.15) is 6.61 Å². The van der Waals surface area contributed by atoms with E-state index in [1.807, 2.05) is 5.38 Å². The molecule has 166 valence electrons. The Morgan fingerprint density at radius 1 is 1.33 bits per heavy atom. The lowest BCUT2D eigenvalue weighted by atomic mass is 9.99. The molecule has 0 radical (unpaired) electrons. The van der Waals surface area contributed by atoms with E-state index in [0.717, 1.165) is 49.0 Å². The summed E-state index contributed by atoms with van der Waals surface area (Å²) in [4.78, 5) is 13.9. The highest BCUT2D eigenvalue weighted by Crippen LogP contribution is 2.28. The fraction of sp³-hybridized carbons (Fsp3) is 0.500. The van der Waals surface area contributed by atoms with E-state index in [1.54, 1.807) is 25.2 Å². The number of ether oxygens (including phenoxy) is 2. The van der Waals surface area contributed by atoms with E-state index in [1.165, 1.54) is 12.1 Å². The standard InChI is InChI=1S/C16H19FN2O3S2.C4H8O2/c1-24(20,21)13-2-3-15(14(17)8-13)22-9-12-10-23-16(19-12)11-4-6-18-7-5-11;1-4(2)6-3-5/h2-3,8,10-11,18H,4-7,9H2,1H3;3-4H,1-2H3. The molecule has 1 fully saturated rings. The van der Waals surface area contributed by atoms with Crippen molar-refractivity contribution in [2.24, 2.45) is 0 Å². The first-order valence-electron chi connectivity index (χ1n) is 9.57. The maximum absolute atomic E-state index is 14.0. The van der Waals surface area contributed by atoms with Crippen LogP contribution in [0.15, 0.2) is 28.5 Å². The molecule has 1 aliphatic rings. The maximum atomic E-state index is 14.0. The van der Waals surface area contributed by atoms with Crippen LogP contribution in [0.5, 0.6) is 5.75 Å². The molecular formula is C20H27FN2O5S2. The Bertz CT molecular complexity index is 925. The number of carbonyl (C=O) groups excluding carboxylic acids is 1. The van der Waals surface area contributed by atoms with Gasteiger partial charge in [-0.1, -0.05) is 0 Å². The van der Waals surface area contributed by atoms with E-state index >= 15 is 0 Å². The van der Waals surface area contributed by atoms with Crippen LogP contribution in [-0.4, -0.2) is 45.3 Å². The van der Waals surface area contributed by atoms with Gasteiger partial charge in [-0.25, -0.2) is 17.8 Å². The molecule has 0 aliphatic carbocycles.